The number of hydrogen-bond acceptors (Lipinski definition) is 3. The molecule has 1 fully saturated rings. The third-order valence-corrected chi connectivity index (χ3v) is 3.68. The number of nitrogens with two attached hydrogens (primary N) is 1. The van der Waals surface area contributed by atoms with Crippen LogP contribution in [-0.2, 0) is 4.79 Å². The van der Waals surface area contributed by atoms with Crippen LogP contribution in [0.5, 0.6) is 0 Å². The molecule has 0 aromatic carbocycles. The zero-order valence-corrected chi connectivity index (χ0v) is 12.1. The highest BCUT2D eigenvalue weighted by molar-refractivity contribution is 5.76. The number of carbonyl (C=O) groups is 1. The van der Waals surface area contributed by atoms with Crippen molar-refractivity contribution in [2.45, 2.75) is 46.1 Å². The fourth-order valence-electron chi connectivity index (χ4n) is 2.51. The molecule has 3 N–H and O–H groups in total. The van der Waals surface area contributed by atoms with E-state index in [0.717, 1.165) is 26.2 Å². The van der Waals surface area contributed by atoms with Crippen LogP contribution in [0.1, 0.15) is 40.0 Å². The van der Waals surface area contributed by atoms with Crippen molar-refractivity contribution in [2.75, 3.05) is 26.2 Å². The predicted octanol–water partition coefficient (Wildman–Crippen LogP) is 1.21. The molecular formula is C14H29N3O. The smallest absolute Gasteiger partial charge is 0.221 e. The molecule has 1 aliphatic rings. The molecule has 4 heteroatoms. The summed E-state index contributed by atoms with van der Waals surface area (Å²) in [7, 11) is 0. The van der Waals surface area contributed by atoms with Crippen molar-refractivity contribution in [3.63, 3.8) is 0 Å². The minimum atomic E-state index is -0.186. The number of piperidine rings is 1. The van der Waals surface area contributed by atoms with Gasteiger partial charge in [0.1, 0.15) is 0 Å². The molecule has 1 saturated heterocycles. The van der Waals surface area contributed by atoms with Gasteiger partial charge in [0.2, 0.25) is 5.91 Å². The highest BCUT2D eigenvalue weighted by Gasteiger charge is 2.24. The van der Waals surface area contributed by atoms with Crippen LogP contribution in [-0.4, -0.2) is 43.0 Å². The van der Waals surface area contributed by atoms with E-state index in [9.17, 15) is 4.79 Å². The van der Waals surface area contributed by atoms with Crippen molar-refractivity contribution in [2.24, 2.45) is 17.6 Å². The van der Waals surface area contributed by atoms with E-state index in [2.05, 4.69) is 24.1 Å². The van der Waals surface area contributed by atoms with Gasteiger partial charge in [-0.05, 0) is 31.8 Å². The average molecular weight is 255 g/mol. The molecular weight excluding hydrogens is 226 g/mol. The number of amides is 1. The molecule has 18 heavy (non-hydrogen) atoms. The lowest BCUT2D eigenvalue weighted by atomic mass is 9.99. The minimum Gasteiger partial charge on any atom is -0.369 e. The van der Waals surface area contributed by atoms with Crippen LogP contribution in [0.3, 0.4) is 0 Å². The van der Waals surface area contributed by atoms with Gasteiger partial charge in [-0.1, -0.05) is 27.2 Å². The van der Waals surface area contributed by atoms with Crippen LogP contribution < -0.4 is 11.1 Å². The van der Waals surface area contributed by atoms with Crippen molar-refractivity contribution >= 4 is 5.91 Å². The zero-order valence-electron chi connectivity index (χ0n) is 12.1. The summed E-state index contributed by atoms with van der Waals surface area (Å²) in [6.45, 7) is 10.4. The first-order chi connectivity index (χ1) is 8.50. The van der Waals surface area contributed by atoms with E-state index >= 15 is 0 Å². The van der Waals surface area contributed by atoms with Crippen molar-refractivity contribution in [3.05, 3.63) is 0 Å². The summed E-state index contributed by atoms with van der Waals surface area (Å²) in [6.07, 6.45) is 3.78. The molecule has 2 unspecified atom stereocenters. The van der Waals surface area contributed by atoms with Gasteiger partial charge in [0.25, 0.3) is 0 Å². The number of carbonyl (C=O) groups excluding carboxylic acids is 1. The highest BCUT2D eigenvalue weighted by Crippen LogP contribution is 2.17. The summed E-state index contributed by atoms with van der Waals surface area (Å²) in [5.41, 5.74) is 5.36. The molecule has 1 aliphatic heterocycles. The summed E-state index contributed by atoms with van der Waals surface area (Å²) in [6, 6.07) is 0.569. The molecule has 0 bridgehead atoms. The molecule has 2 atom stereocenters. The van der Waals surface area contributed by atoms with Crippen LogP contribution in [0.2, 0.25) is 0 Å². The lowest BCUT2D eigenvalue weighted by Crippen LogP contribution is -2.48. The van der Waals surface area contributed by atoms with Crippen LogP contribution >= 0.6 is 0 Å². The Kier molecular flexibility index (Phi) is 6.65. The average Bonchev–Trinajstić information content (AvgIpc) is 2.30. The van der Waals surface area contributed by atoms with Gasteiger partial charge in [-0.25, -0.2) is 0 Å². The Morgan fingerprint density at radius 3 is 2.72 bits per heavy atom. The molecule has 0 aromatic heterocycles. The van der Waals surface area contributed by atoms with Gasteiger partial charge < -0.3 is 11.1 Å². The largest absolute Gasteiger partial charge is 0.369 e. The van der Waals surface area contributed by atoms with E-state index in [1.165, 1.54) is 19.3 Å². The molecule has 1 rings (SSSR count). The van der Waals surface area contributed by atoms with Crippen molar-refractivity contribution in [1.82, 2.24) is 10.2 Å². The van der Waals surface area contributed by atoms with Crippen LogP contribution in [0, 0.1) is 11.8 Å². The Labute approximate surface area is 111 Å². The number of rotatable bonds is 7. The van der Waals surface area contributed by atoms with E-state index in [1.54, 1.807) is 0 Å². The standard InChI is InChI=1S/C14H29N3O/c1-11(2)8-16-9-13-6-4-5-7-17(13)10-12(3)14(15)18/h11-13,16H,4-10H2,1-3H3,(H2,15,18). The molecule has 106 valence electrons. The number of likely N-dealkylation sites (tertiary alicyclic amines) is 1. The zero-order chi connectivity index (χ0) is 13.5. The second-order valence-corrected chi connectivity index (χ2v) is 6.00. The van der Waals surface area contributed by atoms with Gasteiger partial charge in [0.05, 0.1) is 0 Å². The Morgan fingerprint density at radius 2 is 2.11 bits per heavy atom. The Hall–Kier alpha value is -0.610. The van der Waals surface area contributed by atoms with Crippen LogP contribution in [0.4, 0.5) is 0 Å². The van der Waals surface area contributed by atoms with Gasteiger partial charge in [-0.2, -0.15) is 0 Å². The van der Waals surface area contributed by atoms with E-state index < -0.39 is 0 Å². The van der Waals surface area contributed by atoms with Gasteiger partial charge in [-0.3, -0.25) is 9.69 Å². The van der Waals surface area contributed by atoms with Gasteiger partial charge in [-0.15, -0.1) is 0 Å². The van der Waals surface area contributed by atoms with Crippen molar-refractivity contribution < 1.29 is 4.79 Å². The summed E-state index contributed by atoms with van der Waals surface area (Å²) in [5, 5.41) is 3.53. The number of nitrogens with zero attached hydrogens (tertiary/aromatic N) is 1. The first-order valence-electron chi connectivity index (χ1n) is 7.24. The molecule has 0 aliphatic carbocycles. The second kappa shape index (κ2) is 7.74. The molecule has 1 heterocycles. The summed E-state index contributed by atoms with van der Waals surface area (Å²) in [4.78, 5) is 13.6. The van der Waals surface area contributed by atoms with E-state index in [0.29, 0.717) is 12.0 Å². The van der Waals surface area contributed by atoms with Gasteiger partial charge in [0.15, 0.2) is 0 Å². The van der Waals surface area contributed by atoms with E-state index in [-0.39, 0.29) is 11.8 Å². The summed E-state index contributed by atoms with van der Waals surface area (Å²) in [5.74, 6) is 0.455. The Bertz CT molecular complexity index is 255. The van der Waals surface area contributed by atoms with Gasteiger partial charge >= 0.3 is 0 Å². The lowest BCUT2D eigenvalue weighted by molar-refractivity contribution is -0.122. The first kappa shape index (κ1) is 15.4. The van der Waals surface area contributed by atoms with Crippen LogP contribution in [0.15, 0.2) is 0 Å². The van der Waals surface area contributed by atoms with Crippen molar-refractivity contribution in [3.8, 4) is 0 Å². The predicted molar refractivity (Wildman–Crippen MR) is 75.3 cm³/mol. The van der Waals surface area contributed by atoms with Crippen LogP contribution in [0.25, 0.3) is 0 Å². The molecule has 0 saturated carbocycles. The lowest BCUT2D eigenvalue weighted by Gasteiger charge is -2.37. The molecule has 0 aromatic rings. The summed E-state index contributed by atoms with van der Waals surface area (Å²) < 4.78 is 0. The fraction of sp³-hybridized carbons (Fsp3) is 0.929. The molecule has 0 radical (unpaired) electrons. The maximum atomic E-state index is 11.2. The minimum absolute atomic E-state index is 0.0456. The quantitative estimate of drug-likeness (QED) is 0.719. The third-order valence-electron chi connectivity index (χ3n) is 3.68. The third kappa shape index (κ3) is 5.36. The number of hydrogen-bond donors (Lipinski definition) is 2. The SMILES string of the molecule is CC(C)CNCC1CCCCN1CC(C)C(N)=O. The topological polar surface area (TPSA) is 58.4 Å². The number of nitrogens with one attached hydrogen (secondary N) is 1. The molecule has 0 spiro atoms. The maximum Gasteiger partial charge on any atom is 0.221 e. The normalized spacial score (nSPS) is 23.2. The highest BCUT2D eigenvalue weighted by atomic mass is 16.1. The molecule has 1 amide bonds. The molecule has 4 nitrogen and oxygen atoms in total. The maximum absolute atomic E-state index is 11.2. The van der Waals surface area contributed by atoms with Crippen molar-refractivity contribution in [1.29, 1.82) is 0 Å². The first-order valence-corrected chi connectivity index (χ1v) is 7.24. The summed E-state index contributed by atoms with van der Waals surface area (Å²) >= 11 is 0. The Balaban J connectivity index is 2.39. The fourth-order valence-corrected chi connectivity index (χ4v) is 2.51. The number of primary amides is 1. The second-order valence-electron chi connectivity index (χ2n) is 6.00. The van der Waals surface area contributed by atoms with Gasteiger partial charge in [0, 0.05) is 25.0 Å². The van der Waals surface area contributed by atoms with E-state index in [4.69, 9.17) is 5.73 Å². The van der Waals surface area contributed by atoms with E-state index in [1.807, 2.05) is 6.92 Å². The Morgan fingerprint density at radius 1 is 1.39 bits per heavy atom. The monoisotopic (exact) mass is 255 g/mol.